The van der Waals surface area contributed by atoms with E-state index in [1.54, 1.807) is 6.07 Å². The van der Waals surface area contributed by atoms with Crippen molar-refractivity contribution in [1.82, 2.24) is 20.2 Å². The molecule has 0 saturated carbocycles. The number of benzene rings is 1. The number of hydrogen-bond acceptors (Lipinski definition) is 4. The molecule has 0 saturated heterocycles. The van der Waals surface area contributed by atoms with Crippen LogP contribution in [0.2, 0.25) is 0 Å². The molecule has 0 amide bonds. The lowest BCUT2D eigenvalue weighted by Crippen LogP contribution is -2.05. The molecule has 0 radical (unpaired) electrons. The monoisotopic (exact) mass is 328 g/mol. The fraction of sp³-hybridized carbons (Fsp3) is 0.273. The Morgan fingerprint density at radius 3 is 2.95 bits per heavy atom. The minimum absolute atomic E-state index is 0.0455. The van der Waals surface area contributed by atoms with Crippen molar-refractivity contribution in [3.05, 3.63) is 28.5 Å². The zero-order valence-corrected chi connectivity index (χ0v) is 11.3. The number of rotatable bonds is 5. The molecule has 0 fully saturated rings. The minimum atomic E-state index is -0.863. The van der Waals surface area contributed by atoms with Gasteiger partial charge in [0.1, 0.15) is 5.82 Å². The number of nitrogens with zero attached hydrogens (tertiary/aromatic N) is 4. The van der Waals surface area contributed by atoms with Gasteiger partial charge in [0.25, 0.3) is 0 Å². The van der Waals surface area contributed by atoms with Gasteiger partial charge < -0.3 is 5.11 Å². The zero-order valence-electron chi connectivity index (χ0n) is 9.75. The first-order chi connectivity index (χ1) is 9.08. The van der Waals surface area contributed by atoms with E-state index < -0.39 is 5.97 Å². The summed E-state index contributed by atoms with van der Waals surface area (Å²) in [4.78, 5) is 10.5. The average molecular weight is 329 g/mol. The SMILES string of the molecule is O=C(O)CCCn1nnnc1-c1ccc(F)cc1Br. The zero-order chi connectivity index (χ0) is 13.8. The lowest BCUT2D eigenvalue weighted by molar-refractivity contribution is -0.137. The molecule has 1 N–H and O–H groups in total. The molecule has 2 rings (SSSR count). The van der Waals surface area contributed by atoms with Crippen molar-refractivity contribution >= 4 is 21.9 Å². The topological polar surface area (TPSA) is 80.9 Å². The first kappa shape index (κ1) is 13.6. The van der Waals surface area contributed by atoms with Crippen molar-refractivity contribution in [2.45, 2.75) is 19.4 Å². The largest absolute Gasteiger partial charge is 0.481 e. The van der Waals surface area contributed by atoms with E-state index in [0.717, 1.165) is 0 Å². The lowest BCUT2D eigenvalue weighted by atomic mass is 10.2. The summed E-state index contributed by atoms with van der Waals surface area (Å²) in [5.74, 6) is -0.754. The second kappa shape index (κ2) is 5.87. The first-order valence-electron chi connectivity index (χ1n) is 5.51. The molecular formula is C11H10BrFN4O2. The fourth-order valence-electron chi connectivity index (χ4n) is 1.60. The Labute approximate surface area is 116 Å². The summed E-state index contributed by atoms with van der Waals surface area (Å²) in [5.41, 5.74) is 0.654. The van der Waals surface area contributed by atoms with Gasteiger partial charge in [0.2, 0.25) is 0 Å². The maximum absolute atomic E-state index is 13.0. The second-order valence-corrected chi connectivity index (χ2v) is 4.70. The van der Waals surface area contributed by atoms with E-state index in [2.05, 4.69) is 31.5 Å². The molecular weight excluding hydrogens is 319 g/mol. The van der Waals surface area contributed by atoms with Crippen LogP contribution in [0.15, 0.2) is 22.7 Å². The van der Waals surface area contributed by atoms with E-state index in [1.165, 1.54) is 16.8 Å². The van der Waals surface area contributed by atoms with Crippen molar-refractivity contribution in [3.8, 4) is 11.4 Å². The number of aryl methyl sites for hydroxylation is 1. The summed E-state index contributed by atoms with van der Waals surface area (Å²) in [6.07, 6.45) is 0.468. The lowest BCUT2D eigenvalue weighted by Gasteiger charge is -2.05. The third kappa shape index (κ3) is 3.34. The highest BCUT2D eigenvalue weighted by molar-refractivity contribution is 9.10. The third-order valence-electron chi connectivity index (χ3n) is 2.46. The number of carbonyl (C=O) groups is 1. The normalized spacial score (nSPS) is 10.6. The molecule has 0 unspecified atom stereocenters. The van der Waals surface area contributed by atoms with E-state index in [9.17, 15) is 9.18 Å². The number of aliphatic carboxylic acids is 1. The van der Waals surface area contributed by atoms with Crippen LogP contribution in [0, 0.1) is 5.82 Å². The molecule has 2 aromatic rings. The maximum atomic E-state index is 13.0. The van der Waals surface area contributed by atoms with Crippen LogP contribution in [0.25, 0.3) is 11.4 Å². The number of carboxylic acids is 1. The van der Waals surface area contributed by atoms with Gasteiger partial charge in [-0.3, -0.25) is 4.79 Å². The van der Waals surface area contributed by atoms with Gasteiger partial charge in [-0.25, -0.2) is 9.07 Å². The summed E-state index contributed by atoms with van der Waals surface area (Å²) >= 11 is 3.25. The van der Waals surface area contributed by atoms with Gasteiger partial charge >= 0.3 is 5.97 Å². The molecule has 1 aromatic carbocycles. The molecule has 0 bridgehead atoms. The Hall–Kier alpha value is -1.83. The van der Waals surface area contributed by atoms with E-state index in [1.807, 2.05) is 0 Å². The Kier molecular flexibility index (Phi) is 4.20. The summed E-state index contributed by atoms with van der Waals surface area (Å²) in [7, 11) is 0. The summed E-state index contributed by atoms with van der Waals surface area (Å²) in [6.45, 7) is 0.387. The first-order valence-corrected chi connectivity index (χ1v) is 6.30. The highest BCUT2D eigenvalue weighted by Crippen LogP contribution is 2.26. The molecule has 0 aliphatic heterocycles. The van der Waals surface area contributed by atoms with Gasteiger partial charge in [-0.1, -0.05) is 0 Å². The number of tetrazole rings is 1. The standard InChI is InChI=1S/C11H10BrFN4O2/c12-9-6-7(13)3-4-8(9)11-14-15-16-17(11)5-1-2-10(18)19/h3-4,6H,1-2,5H2,(H,18,19). The van der Waals surface area contributed by atoms with Crippen LogP contribution in [-0.2, 0) is 11.3 Å². The van der Waals surface area contributed by atoms with Crippen LogP contribution in [0.4, 0.5) is 4.39 Å². The second-order valence-electron chi connectivity index (χ2n) is 3.85. The molecule has 0 spiro atoms. The number of carboxylic acid groups (broad SMARTS) is 1. The summed E-state index contributed by atoms with van der Waals surface area (Å²) < 4.78 is 15.1. The van der Waals surface area contributed by atoms with Gasteiger partial charge in [0.05, 0.1) is 0 Å². The van der Waals surface area contributed by atoms with Crippen molar-refractivity contribution < 1.29 is 14.3 Å². The Bertz CT molecular complexity index is 602. The Morgan fingerprint density at radius 2 is 2.26 bits per heavy atom. The third-order valence-corrected chi connectivity index (χ3v) is 3.12. The summed E-state index contributed by atoms with van der Waals surface area (Å²) in [5, 5.41) is 19.8. The smallest absolute Gasteiger partial charge is 0.303 e. The summed E-state index contributed by atoms with van der Waals surface area (Å²) in [6, 6.07) is 4.21. The number of halogens is 2. The highest BCUT2D eigenvalue weighted by atomic mass is 79.9. The van der Waals surface area contributed by atoms with E-state index in [0.29, 0.717) is 28.8 Å². The van der Waals surface area contributed by atoms with Crippen molar-refractivity contribution in [2.24, 2.45) is 0 Å². The van der Waals surface area contributed by atoms with Crippen molar-refractivity contribution in [2.75, 3.05) is 0 Å². The predicted molar refractivity (Wildman–Crippen MR) is 67.8 cm³/mol. The molecule has 100 valence electrons. The quantitative estimate of drug-likeness (QED) is 0.909. The van der Waals surface area contributed by atoms with E-state index in [4.69, 9.17) is 5.11 Å². The van der Waals surface area contributed by atoms with Crippen LogP contribution in [-0.4, -0.2) is 31.3 Å². The van der Waals surface area contributed by atoms with Crippen LogP contribution in [0.1, 0.15) is 12.8 Å². The molecule has 19 heavy (non-hydrogen) atoms. The van der Waals surface area contributed by atoms with Crippen LogP contribution in [0.5, 0.6) is 0 Å². The Balaban J connectivity index is 2.21. The molecule has 0 aliphatic rings. The van der Waals surface area contributed by atoms with E-state index >= 15 is 0 Å². The molecule has 0 aliphatic carbocycles. The number of hydrogen-bond donors (Lipinski definition) is 1. The molecule has 6 nitrogen and oxygen atoms in total. The molecule has 0 atom stereocenters. The van der Waals surface area contributed by atoms with Crippen molar-refractivity contribution in [1.29, 1.82) is 0 Å². The number of aromatic nitrogens is 4. The van der Waals surface area contributed by atoms with Gasteiger partial charge in [0.15, 0.2) is 5.82 Å². The molecule has 1 aromatic heterocycles. The Morgan fingerprint density at radius 1 is 1.47 bits per heavy atom. The molecule has 8 heteroatoms. The average Bonchev–Trinajstić information content (AvgIpc) is 2.77. The highest BCUT2D eigenvalue weighted by Gasteiger charge is 2.13. The van der Waals surface area contributed by atoms with Gasteiger partial charge in [0, 0.05) is 23.0 Å². The van der Waals surface area contributed by atoms with Gasteiger partial charge in [-0.15, -0.1) is 5.10 Å². The minimum Gasteiger partial charge on any atom is -0.481 e. The van der Waals surface area contributed by atoms with Crippen molar-refractivity contribution in [3.63, 3.8) is 0 Å². The van der Waals surface area contributed by atoms with Crippen LogP contribution in [0.3, 0.4) is 0 Å². The molecule has 1 heterocycles. The van der Waals surface area contributed by atoms with Gasteiger partial charge in [-0.2, -0.15) is 0 Å². The predicted octanol–water partition coefficient (Wildman–Crippen LogP) is 2.11. The van der Waals surface area contributed by atoms with E-state index in [-0.39, 0.29) is 12.2 Å². The van der Waals surface area contributed by atoms with Gasteiger partial charge in [-0.05, 0) is 51.0 Å². The van der Waals surface area contributed by atoms with Crippen LogP contribution >= 0.6 is 15.9 Å². The fourth-order valence-corrected chi connectivity index (χ4v) is 2.13. The van der Waals surface area contributed by atoms with Crippen LogP contribution < -0.4 is 0 Å². The maximum Gasteiger partial charge on any atom is 0.303 e.